The highest BCUT2D eigenvalue weighted by atomic mass is 35.5. The van der Waals surface area contributed by atoms with E-state index in [0.717, 1.165) is 0 Å². The Morgan fingerprint density at radius 3 is 2.57 bits per heavy atom. The molecule has 158 valence electrons. The topological polar surface area (TPSA) is 87.1 Å². The van der Waals surface area contributed by atoms with Crippen LogP contribution in [0.5, 0.6) is 11.5 Å². The Balaban J connectivity index is 2.16. The first-order valence-electron chi connectivity index (χ1n) is 9.78. The van der Waals surface area contributed by atoms with Crippen LogP contribution in [0.1, 0.15) is 44.4 Å². The lowest BCUT2D eigenvalue weighted by molar-refractivity contribution is -0.139. The van der Waals surface area contributed by atoms with Crippen molar-refractivity contribution in [3.63, 3.8) is 0 Å². The Hall–Kier alpha value is -2.99. The molecule has 6 nitrogen and oxygen atoms in total. The minimum absolute atomic E-state index is 0.0168. The lowest BCUT2D eigenvalue weighted by Crippen LogP contribution is -2.30. The number of aromatic hydroxyl groups is 1. The summed E-state index contributed by atoms with van der Waals surface area (Å²) in [6.45, 7) is 6.00. The molecule has 2 N–H and O–H groups in total. The number of likely N-dealkylation sites (tertiary alicyclic amines) is 1. The van der Waals surface area contributed by atoms with Crippen LogP contribution >= 0.6 is 11.6 Å². The van der Waals surface area contributed by atoms with Crippen LogP contribution in [0, 0.1) is 0 Å². The van der Waals surface area contributed by atoms with Crippen LogP contribution in [-0.4, -0.2) is 39.5 Å². The quantitative estimate of drug-likeness (QED) is 0.396. The summed E-state index contributed by atoms with van der Waals surface area (Å²) >= 11 is 6.07. The average Bonchev–Trinajstić information content (AvgIpc) is 2.94. The molecule has 1 atom stereocenters. The molecular weight excluding hydrogens is 406 g/mol. The Labute approximate surface area is 180 Å². The van der Waals surface area contributed by atoms with Crippen LogP contribution in [0.4, 0.5) is 0 Å². The van der Waals surface area contributed by atoms with E-state index in [0.29, 0.717) is 29.8 Å². The summed E-state index contributed by atoms with van der Waals surface area (Å²) in [6, 6.07) is 10.4. The van der Waals surface area contributed by atoms with Crippen LogP contribution < -0.4 is 4.74 Å². The summed E-state index contributed by atoms with van der Waals surface area (Å²) in [5.41, 5.74) is 0.885. The van der Waals surface area contributed by atoms with Gasteiger partial charge in [0.2, 0.25) is 0 Å². The highest BCUT2D eigenvalue weighted by molar-refractivity contribution is 6.46. The van der Waals surface area contributed by atoms with Crippen LogP contribution in [0.3, 0.4) is 0 Å². The normalized spacial score (nSPS) is 18.3. The summed E-state index contributed by atoms with van der Waals surface area (Å²) in [7, 11) is 0. The first-order valence-corrected chi connectivity index (χ1v) is 10.2. The minimum Gasteiger partial charge on any atom is -0.507 e. The summed E-state index contributed by atoms with van der Waals surface area (Å²) in [4.78, 5) is 27.0. The molecule has 3 rings (SSSR count). The molecule has 7 heteroatoms. The molecule has 0 saturated carbocycles. The molecule has 1 aliphatic heterocycles. The molecule has 1 amide bonds. The van der Waals surface area contributed by atoms with E-state index >= 15 is 0 Å². The van der Waals surface area contributed by atoms with Gasteiger partial charge in [-0.15, -0.1) is 0 Å². The number of nitrogens with zero attached hydrogens (tertiary/aromatic N) is 1. The fourth-order valence-electron chi connectivity index (χ4n) is 3.54. The van der Waals surface area contributed by atoms with Crippen molar-refractivity contribution in [2.45, 2.75) is 39.3 Å². The molecule has 1 unspecified atom stereocenters. The first kappa shape index (κ1) is 21.7. The van der Waals surface area contributed by atoms with Gasteiger partial charge in [-0.25, -0.2) is 0 Å². The summed E-state index contributed by atoms with van der Waals surface area (Å²) < 4.78 is 5.67. The Kier molecular flexibility index (Phi) is 6.37. The molecule has 1 fully saturated rings. The van der Waals surface area contributed by atoms with E-state index in [1.807, 2.05) is 20.8 Å². The predicted molar refractivity (Wildman–Crippen MR) is 115 cm³/mol. The van der Waals surface area contributed by atoms with Gasteiger partial charge in [-0.1, -0.05) is 36.7 Å². The van der Waals surface area contributed by atoms with Crippen LogP contribution in [0.25, 0.3) is 5.76 Å². The number of ether oxygens (including phenoxy) is 1. The second kappa shape index (κ2) is 8.79. The fourth-order valence-corrected chi connectivity index (χ4v) is 3.72. The number of halogens is 1. The molecule has 0 radical (unpaired) electrons. The first-order chi connectivity index (χ1) is 14.2. The van der Waals surface area contributed by atoms with Crippen molar-refractivity contribution in [2.75, 3.05) is 6.54 Å². The zero-order valence-electron chi connectivity index (χ0n) is 17.1. The number of hydrogen-bond acceptors (Lipinski definition) is 5. The second-order valence-corrected chi connectivity index (χ2v) is 7.80. The van der Waals surface area contributed by atoms with E-state index in [4.69, 9.17) is 16.3 Å². The van der Waals surface area contributed by atoms with Gasteiger partial charge in [0.15, 0.2) is 0 Å². The van der Waals surface area contributed by atoms with Crippen LogP contribution in [0.2, 0.25) is 5.02 Å². The van der Waals surface area contributed by atoms with Crippen molar-refractivity contribution >= 4 is 29.1 Å². The number of ketones is 1. The zero-order valence-corrected chi connectivity index (χ0v) is 17.8. The molecule has 1 saturated heterocycles. The molecule has 2 aromatic carbocycles. The largest absolute Gasteiger partial charge is 0.507 e. The Morgan fingerprint density at radius 2 is 1.93 bits per heavy atom. The third-order valence-electron chi connectivity index (χ3n) is 4.77. The van der Waals surface area contributed by atoms with Crippen LogP contribution in [-0.2, 0) is 9.59 Å². The van der Waals surface area contributed by atoms with Crippen molar-refractivity contribution in [1.29, 1.82) is 0 Å². The zero-order chi connectivity index (χ0) is 22.0. The number of phenolic OH excluding ortho intramolecular Hbond substituents is 1. The maximum Gasteiger partial charge on any atom is 0.295 e. The van der Waals surface area contributed by atoms with Gasteiger partial charge in [0.25, 0.3) is 11.7 Å². The Morgan fingerprint density at radius 1 is 1.20 bits per heavy atom. The summed E-state index contributed by atoms with van der Waals surface area (Å²) in [5.74, 6) is -1.28. The molecule has 0 aliphatic carbocycles. The molecule has 0 aromatic heterocycles. The monoisotopic (exact) mass is 429 g/mol. The smallest absolute Gasteiger partial charge is 0.295 e. The van der Waals surface area contributed by atoms with E-state index in [2.05, 4.69) is 0 Å². The van der Waals surface area contributed by atoms with Crippen molar-refractivity contribution < 1.29 is 24.5 Å². The number of aliphatic hydroxyl groups is 1. The summed E-state index contributed by atoms with van der Waals surface area (Å²) in [5, 5.41) is 20.9. The lowest BCUT2D eigenvalue weighted by Gasteiger charge is -2.25. The molecule has 1 heterocycles. The average molecular weight is 430 g/mol. The number of aliphatic hydroxyl groups excluding tert-OH is 1. The minimum atomic E-state index is -0.808. The molecule has 0 bridgehead atoms. The molecular formula is C23H24ClNO5. The van der Waals surface area contributed by atoms with Gasteiger partial charge in [0, 0.05) is 12.1 Å². The predicted octanol–water partition coefficient (Wildman–Crippen LogP) is 4.66. The van der Waals surface area contributed by atoms with Gasteiger partial charge in [-0.3, -0.25) is 9.59 Å². The van der Waals surface area contributed by atoms with Gasteiger partial charge in [-0.05, 0) is 50.1 Å². The number of phenols is 1. The van der Waals surface area contributed by atoms with Crippen molar-refractivity contribution in [1.82, 2.24) is 4.90 Å². The number of benzene rings is 2. The van der Waals surface area contributed by atoms with Gasteiger partial charge in [0.1, 0.15) is 17.3 Å². The number of hydrogen-bond donors (Lipinski definition) is 2. The molecule has 0 spiro atoms. The maximum absolute atomic E-state index is 12.9. The summed E-state index contributed by atoms with van der Waals surface area (Å²) in [6.07, 6.45) is 0.573. The van der Waals surface area contributed by atoms with E-state index in [-0.39, 0.29) is 28.2 Å². The number of carbonyl (C=O) groups excluding carboxylic acids is 2. The molecule has 1 aliphatic rings. The van der Waals surface area contributed by atoms with Gasteiger partial charge < -0.3 is 19.8 Å². The number of carbonyl (C=O) groups is 2. The lowest BCUT2D eigenvalue weighted by atomic mass is 9.95. The molecule has 2 aromatic rings. The third kappa shape index (κ3) is 4.14. The van der Waals surface area contributed by atoms with Gasteiger partial charge >= 0.3 is 0 Å². The number of amides is 1. The second-order valence-electron chi connectivity index (χ2n) is 7.40. The van der Waals surface area contributed by atoms with E-state index in [1.54, 1.807) is 30.3 Å². The van der Waals surface area contributed by atoms with E-state index in [9.17, 15) is 19.8 Å². The maximum atomic E-state index is 12.9. The van der Waals surface area contributed by atoms with Gasteiger partial charge in [-0.2, -0.15) is 0 Å². The standard InChI is InChI=1S/C23H24ClNO5/c1-4-10-25-20(14-8-9-18(26)17(24)12-14)19(22(28)23(25)29)21(27)15-6-5-7-16(11-15)30-13(2)3/h5-9,11-13,20,26-27H,4,10H2,1-3H3/b21-19-. The Bertz CT molecular complexity index is 1010. The SMILES string of the molecule is CCCN1C(=O)C(=O)/C(=C(\O)c2cccc(OC(C)C)c2)C1c1ccc(O)c(Cl)c1. The highest BCUT2D eigenvalue weighted by Gasteiger charge is 2.45. The fraction of sp³-hybridized carbons (Fsp3) is 0.304. The highest BCUT2D eigenvalue weighted by Crippen LogP contribution is 2.41. The number of rotatable bonds is 6. The van der Waals surface area contributed by atoms with Gasteiger partial charge in [0.05, 0.1) is 22.7 Å². The van der Waals surface area contributed by atoms with E-state index in [1.165, 1.54) is 17.0 Å². The van der Waals surface area contributed by atoms with Crippen molar-refractivity contribution in [3.8, 4) is 11.5 Å². The van der Waals surface area contributed by atoms with Crippen molar-refractivity contribution in [3.05, 3.63) is 64.2 Å². The molecule has 30 heavy (non-hydrogen) atoms. The number of Topliss-reactive ketones (excluding diaryl/α,β-unsaturated/α-hetero) is 1. The van der Waals surface area contributed by atoms with Crippen LogP contribution in [0.15, 0.2) is 48.0 Å². The van der Waals surface area contributed by atoms with E-state index < -0.39 is 17.7 Å². The third-order valence-corrected chi connectivity index (χ3v) is 5.07. The van der Waals surface area contributed by atoms with Crippen molar-refractivity contribution in [2.24, 2.45) is 0 Å².